The summed E-state index contributed by atoms with van der Waals surface area (Å²) < 4.78 is 0. The first kappa shape index (κ1) is 18.4. The molecule has 1 aromatic rings. The van der Waals surface area contributed by atoms with Gasteiger partial charge in [-0.3, -0.25) is 4.79 Å². The zero-order valence-electron chi connectivity index (χ0n) is 13.0. The van der Waals surface area contributed by atoms with Gasteiger partial charge in [-0.1, -0.05) is 26.7 Å². The molecule has 0 spiro atoms. The number of carbonyl (C=O) groups is 1. The van der Waals surface area contributed by atoms with Crippen LogP contribution in [0.4, 0.5) is 5.13 Å². The second kappa shape index (κ2) is 8.11. The molecule has 0 radical (unpaired) electrons. The van der Waals surface area contributed by atoms with Crippen LogP contribution in [0.2, 0.25) is 0 Å². The molecule has 6 heteroatoms. The number of fused-ring (bicyclic) bond motifs is 1. The number of hydrogen-bond acceptors (Lipinski definition) is 4. The number of nitrogens with zero attached hydrogens (tertiary/aromatic N) is 1. The summed E-state index contributed by atoms with van der Waals surface area (Å²) in [6, 6.07) is -0.140. The van der Waals surface area contributed by atoms with Crippen LogP contribution in [0.3, 0.4) is 0 Å². The highest BCUT2D eigenvalue weighted by molar-refractivity contribution is 7.15. The Labute approximate surface area is 137 Å². The van der Waals surface area contributed by atoms with Crippen molar-refractivity contribution in [1.82, 2.24) is 4.98 Å². The molecule has 1 aromatic heterocycles. The molecule has 21 heavy (non-hydrogen) atoms. The number of hydrogen-bond donors (Lipinski definition) is 2. The van der Waals surface area contributed by atoms with Crippen molar-refractivity contribution in [1.29, 1.82) is 0 Å². The van der Waals surface area contributed by atoms with Crippen LogP contribution in [0, 0.1) is 11.8 Å². The fourth-order valence-electron chi connectivity index (χ4n) is 2.61. The quantitative estimate of drug-likeness (QED) is 0.869. The van der Waals surface area contributed by atoms with E-state index in [2.05, 4.69) is 17.2 Å². The van der Waals surface area contributed by atoms with Crippen LogP contribution in [0.1, 0.15) is 50.6 Å². The van der Waals surface area contributed by atoms with E-state index in [1.165, 1.54) is 29.8 Å². The Hall–Kier alpha value is -0.650. The highest BCUT2D eigenvalue weighted by Crippen LogP contribution is 2.34. The lowest BCUT2D eigenvalue weighted by atomic mass is 9.88. The van der Waals surface area contributed by atoms with E-state index in [9.17, 15) is 4.79 Å². The standard InChI is InChI=1S/C15H25N3OS.ClH/c1-4-5-11-6-7-12-13(8-11)20-15(17-12)18-14(19)9(2)10(3)16;/h9-11H,4-8,16H2,1-3H3,(H,17,18,19);1H. The van der Waals surface area contributed by atoms with Crippen molar-refractivity contribution < 1.29 is 4.79 Å². The molecule has 1 aliphatic rings. The number of nitrogens with two attached hydrogens (primary N) is 1. The molecule has 1 heterocycles. The Kier molecular flexibility index (Phi) is 7.10. The van der Waals surface area contributed by atoms with E-state index < -0.39 is 0 Å². The van der Waals surface area contributed by atoms with Gasteiger partial charge in [0.05, 0.1) is 11.6 Å². The Morgan fingerprint density at radius 2 is 2.24 bits per heavy atom. The van der Waals surface area contributed by atoms with Gasteiger partial charge in [0.25, 0.3) is 0 Å². The van der Waals surface area contributed by atoms with Crippen molar-refractivity contribution in [2.45, 2.75) is 58.9 Å². The molecule has 0 aromatic carbocycles. The number of aryl methyl sites for hydroxylation is 1. The van der Waals surface area contributed by atoms with Gasteiger partial charge >= 0.3 is 0 Å². The average molecular weight is 332 g/mol. The summed E-state index contributed by atoms with van der Waals surface area (Å²) in [5.41, 5.74) is 6.95. The predicted octanol–water partition coefficient (Wildman–Crippen LogP) is 3.39. The van der Waals surface area contributed by atoms with Crippen LogP contribution in [0.15, 0.2) is 0 Å². The number of anilines is 1. The fraction of sp³-hybridized carbons (Fsp3) is 0.733. The maximum Gasteiger partial charge on any atom is 0.230 e. The van der Waals surface area contributed by atoms with Gasteiger partial charge in [0.15, 0.2) is 5.13 Å². The predicted molar refractivity (Wildman–Crippen MR) is 91.2 cm³/mol. The lowest BCUT2D eigenvalue weighted by Crippen LogP contribution is -2.34. The minimum absolute atomic E-state index is 0. The SMILES string of the molecule is CCCC1CCc2nc(NC(=O)C(C)C(C)N)sc2C1.Cl. The smallest absolute Gasteiger partial charge is 0.230 e. The molecule has 0 saturated carbocycles. The maximum absolute atomic E-state index is 12.0. The molecular formula is C15H26ClN3OS. The molecule has 0 aliphatic heterocycles. The second-order valence-corrected chi connectivity index (χ2v) is 7.01. The molecule has 3 atom stereocenters. The molecule has 0 bridgehead atoms. The topological polar surface area (TPSA) is 68.0 Å². The lowest BCUT2D eigenvalue weighted by molar-refractivity contribution is -0.119. The van der Waals surface area contributed by atoms with Crippen LogP contribution >= 0.6 is 23.7 Å². The molecule has 2 rings (SSSR count). The summed E-state index contributed by atoms with van der Waals surface area (Å²) in [6.07, 6.45) is 5.94. The van der Waals surface area contributed by atoms with Gasteiger partial charge in [0.1, 0.15) is 0 Å². The number of amides is 1. The highest BCUT2D eigenvalue weighted by atomic mass is 35.5. The Morgan fingerprint density at radius 3 is 2.86 bits per heavy atom. The van der Waals surface area contributed by atoms with Crippen LogP contribution in [0.5, 0.6) is 0 Å². The first-order valence-corrected chi connectivity index (χ1v) is 8.38. The monoisotopic (exact) mass is 331 g/mol. The summed E-state index contributed by atoms with van der Waals surface area (Å²) in [4.78, 5) is 17.9. The summed E-state index contributed by atoms with van der Waals surface area (Å²) in [5.74, 6) is 0.569. The maximum atomic E-state index is 12.0. The highest BCUT2D eigenvalue weighted by Gasteiger charge is 2.24. The van der Waals surface area contributed by atoms with Crippen molar-refractivity contribution in [3.05, 3.63) is 10.6 Å². The molecule has 1 aliphatic carbocycles. The van der Waals surface area contributed by atoms with Crippen molar-refractivity contribution in [2.24, 2.45) is 17.6 Å². The first-order valence-electron chi connectivity index (χ1n) is 7.56. The molecular weight excluding hydrogens is 306 g/mol. The molecule has 1 amide bonds. The number of rotatable bonds is 5. The molecule has 3 unspecified atom stereocenters. The molecule has 0 fully saturated rings. The van der Waals surface area contributed by atoms with Crippen LogP contribution in [-0.2, 0) is 17.6 Å². The minimum atomic E-state index is -0.191. The fourth-order valence-corrected chi connectivity index (χ4v) is 3.73. The summed E-state index contributed by atoms with van der Waals surface area (Å²) in [6.45, 7) is 5.94. The summed E-state index contributed by atoms with van der Waals surface area (Å²) in [7, 11) is 0. The van der Waals surface area contributed by atoms with Gasteiger partial charge in [0, 0.05) is 10.9 Å². The Bertz CT molecular complexity index is 475. The number of aromatic nitrogens is 1. The van der Waals surface area contributed by atoms with E-state index in [-0.39, 0.29) is 30.3 Å². The Balaban J connectivity index is 0.00000220. The number of nitrogens with one attached hydrogen (secondary N) is 1. The molecule has 120 valence electrons. The van der Waals surface area contributed by atoms with Crippen molar-refractivity contribution in [3.8, 4) is 0 Å². The van der Waals surface area contributed by atoms with E-state index >= 15 is 0 Å². The number of thiazole rings is 1. The number of halogens is 1. The van der Waals surface area contributed by atoms with Crippen LogP contribution in [-0.4, -0.2) is 16.9 Å². The molecule has 3 N–H and O–H groups in total. The summed E-state index contributed by atoms with van der Waals surface area (Å²) >= 11 is 1.64. The van der Waals surface area contributed by atoms with E-state index in [4.69, 9.17) is 5.73 Å². The third-order valence-electron chi connectivity index (χ3n) is 4.17. The Morgan fingerprint density at radius 1 is 1.52 bits per heavy atom. The zero-order valence-corrected chi connectivity index (χ0v) is 14.6. The van der Waals surface area contributed by atoms with Crippen molar-refractivity contribution in [3.63, 3.8) is 0 Å². The van der Waals surface area contributed by atoms with Crippen LogP contribution < -0.4 is 11.1 Å². The van der Waals surface area contributed by atoms with Crippen LogP contribution in [0.25, 0.3) is 0 Å². The van der Waals surface area contributed by atoms with Gasteiger partial charge < -0.3 is 11.1 Å². The van der Waals surface area contributed by atoms with Gasteiger partial charge in [-0.25, -0.2) is 4.98 Å². The van der Waals surface area contributed by atoms with Gasteiger partial charge in [-0.05, 0) is 32.1 Å². The van der Waals surface area contributed by atoms with Crippen molar-refractivity contribution in [2.75, 3.05) is 5.32 Å². The van der Waals surface area contributed by atoms with Gasteiger partial charge in [0.2, 0.25) is 5.91 Å². The average Bonchev–Trinajstić information content (AvgIpc) is 2.79. The third-order valence-corrected chi connectivity index (χ3v) is 5.21. The van der Waals surface area contributed by atoms with E-state index in [0.717, 1.165) is 23.9 Å². The van der Waals surface area contributed by atoms with Crippen molar-refractivity contribution >= 4 is 34.8 Å². The van der Waals surface area contributed by atoms with Gasteiger partial charge in [-0.15, -0.1) is 23.7 Å². The van der Waals surface area contributed by atoms with Gasteiger partial charge in [-0.2, -0.15) is 0 Å². The van der Waals surface area contributed by atoms with E-state index in [1.807, 2.05) is 13.8 Å². The molecule has 4 nitrogen and oxygen atoms in total. The summed E-state index contributed by atoms with van der Waals surface area (Å²) in [5, 5.41) is 3.66. The minimum Gasteiger partial charge on any atom is -0.327 e. The lowest BCUT2D eigenvalue weighted by Gasteiger charge is -2.19. The first-order chi connectivity index (χ1) is 9.51. The zero-order chi connectivity index (χ0) is 14.7. The van der Waals surface area contributed by atoms with E-state index in [1.54, 1.807) is 11.3 Å². The second-order valence-electron chi connectivity index (χ2n) is 5.92. The third kappa shape index (κ3) is 4.66. The van der Waals surface area contributed by atoms with E-state index in [0.29, 0.717) is 0 Å². The number of carbonyl (C=O) groups excluding carboxylic acids is 1. The molecule has 0 saturated heterocycles. The normalized spacial score (nSPS) is 20.1. The largest absolute Gasteiger partial charge is 0.327 e.